The molecule has 1 fully saturated rings. The summed E-state index contributed by atoms with van der Waals surface area (Å²) in [7, 11) is 0. The number of likely N-dealkylation sites (tertiary alicyclic amines) is 1. The Morgan fingerprint density at radius 3 is 2.75 bits per heavy atom. The van der Waals surface area contributed by atoms with Crippen molar-refractivity contribution >= 4 is 0 Å². The van der Waals surface area contributed by atoms with Crippen LogP contribution in [0.25, 0.3) is 0 Å². The molecule has 1 heterocycles. The lowest BCUT2D eigenvalue weighted by Gasteiger charge is -2.16. The fourth-order valence-electron chi connectivity index (χ4n) is 1.71. The highest BCUT2D eigenvalue weighted by Crippen LogP contribution is 2.16. The zero-order valence-electron chi connectivity index (χ0n) is 8.29. The van der Waals surface area contributed by atoms with Crippen LogP contribution < -0.4 is 0 Å². The number of hydrogen-bond acceptors (Lipinski definition) is 2. The molecule has 1 aliphatic heterocycles. The van der Waals surface area contributed by atoms with Crippen molar-refractivity contribution in [2.45, 2.75) is 26.7 Å². The number of rotatable bonds is 4. The molecule has 0 aliphatic carbocycles. The van der Waals surface area contributed by atoms with Gasteiger partial charge in [0.2, 0.25) is 0 Å². The van der Waals surface area contributed by atoms with Crippen LogP contribution in [0, 0.1) is 11.8 Å². The Kier molecular flexibility index (Phi) is 4.02. The summed E-state index contributed by atoms with van der Waals surface area (Å²) in [5, 5.41) is 8.93. The van der Waals surface area contributed by atoms with E-state index in [0.29, 0.717) is 12.5 Å². The summed E-state index contributed by atoms with van der Waals surface area (Å²) >= 11 is 0. The molecule has 1 aliphatic rings. The summed E-state index contributed by atoms with van der Waals surface area (Å²) in [6.07, 6.45) is 2.48. The largest absolute Gasteiger partial charge is 0.396 e. The molecule has 1 N–H and O–H groups in total. The monoisotopic (exact) mass is 171 g/mol. The van der Waals surface area contributed by atoms with E-state index < -0.39 is 0 Å². The zero-order valence-corrected chi connectivity index (χ0v) is 8.29. The first-order valence-corrected chi connectivity index (χ1v) is 5.05. The maximum atomic E-state index is 8.93. The van der Waals surface area contributed by atoms with E-state index >= 15 is 0 Å². The normalized spacial score (nSPS) is 25.5. The summed E-state index contributed by atoms with van der Waals surface area (Å²) in [5.74, 6) is 1.36. The molecule has 72 valence electrons. The Labute approximate surface area is 75.6 Å². The molecule has 1 saturated heterocycles. The highest BCUT2D eigenvalue weighted by Gasteiger charge is 2.20. The molecule has 0 radical (unpaired) electrons. The highest BCUT2D eigenvalue weighted by atomic mass is 16.3. The quantitative estimate of drug-likeness (QED) is 0.690. The molecule has 0 amide bonds. The van der Waals surface area contributed by atoms with Crippen LogP contribution in [0.1, 0.15) is 26.7 Å². The van der Waals surface area contributed by atoms with E-state index in [0.717, 1.165) is 12.5 Å². The second kappa shape index (κ2) is 4.83. The molecule has 1 atom stereocenters. The average Bonchev–Trinajstić information content (AvgIpc) is 2.48. The van der Waals surface area contributed by atoms with Crippen molar-refractivity contribution < 1.29 is 5.11 Å². The number of nitrogens with zero attached hydrogens (tertiary/aromatic N) is 1. The lowest BCUT2D eigenvalue weighted by atomic mass is 10.1. The summed E-state index contributed by atoms with van der Waals surface area (Å²) < 4.78 is 0. The Hall–Kier alpha value is -0.0800. The van der Waals surface area contributed by atoms with Crippen molar-refractivity contribution in [3.63, 3.8) is 0 Å². The number of aliphatic hydroxyl groups excluding tert-OH is 1. The van der Waals surface area contributed by atoms with Crippen molar-refractivity contribution in [2.24, 2.45) is 11.8 Å². The molecule has 0 saturated carbocycles. The minimum Gasteiger partial charge on any atom is -0.396 e. The second-order valence-electron chi connectivity index (χ2n) is 4.32. The molecule has 1 unspecified atom stereocenters. The topological polar surface area (TPSA) is 23.5 Å². The summed E-state index contributed by atoms with van der Waals surface area (Å²) in [4.78, 5) is 2.47. The second-order valence-corrected chi connectivity index (χ2v) is 4.32. The fourth-order valence-corrected chi connectivity index (χ4v) is 1.71. The van der Waals surface area contributed by atoms with E-state index in [1.54, 1.807) is 0 Å². The molecular weight excluding hydrogens is 150 g/mol. The lowest BCUT2D eigenvalue weighted by Crippen LogP contribution is -2.23. The Balaban J connectivity index is 2.11. The van der Waals surface area contributed by atoms with E-state index in [2.05, 4.69) is 18.7 Å². The van der Waals surface area contributed by atoms with Crippen LogP contribution in [0.2, 0.25) is 0 Å². The van der Waals surface area contributed by atoms with E-state index in [1.807, 2.05) is 0 Å². The molecule has 12 heavy (non-hydrogen) atoms. The molecule has 0 spiro atoms. The third-order valence-corrected chi connectivity index (χ3v) is 2.65. The molecule has 0 bridgehead atoms. The van der Waals surface area contributed by atoms with E-state index in [9.17, 15) is 0 Å². The molecule has 0 aromatic heterocycles. The zero-order chi connectivity index (χ0) is 8.97. The number of aliphatic hydroxyl groups is 1. The van der Waals surface area contributed by atoms with Gasteiger partial charge in [-0.15, -0.1) is 0 Å². The van der Waals surface area contributed by atoms with Crippen LogP contribution in [0.15, 0.2) is 0 Å². The minimum atomic E-state index is 0.373. The van der Waals surface area contributed by atoms with Gasteiger partial charge >= 0.3 is 0 Å². The smallest absolute Gasteiger partial charge is 0.0471 e. The van der Waals surface area contributed by atoms with Gasteiger partial charge in [-0.3, -0.25) is 0 Å². The molecule has 0 aromatic carbocycles. The average molecular weight is 171 g/mol. The van der Waals surface area contributed by atoms with Gasteiger partial charge in [0, 0.05) is 13.2 Å². The van der Waals surface area contributed by atoms with Crippen molar-refractivity contribution in [3.05, 3.63) is 0 Å². The Morgan fingerprint density at radius 2 is 2.25 bits per heavy atom. The maximum Gasteiger partial charge on any atom is 0.0471 e. The van der Waals surface area contributed by atoms with Crippen LogP contribution in [0.5, 0.6) is 0 Å². The van der Waals surface area contributed by atoms with Gasteiger partial charge < -0.3 is 10.0 Å². The molecule has 2 nitrogen and oxygen atoms in total. The molecule has 2 heteroatoms. The Bertz CT molecular complexity index is 125. The molecule has 1 rings (SSSR count). The predicted molar refractivity (Wildman–Crippen MR) is 51.1 cm³/mol. The maximum absolute atomic E-state index is 8.93. The summed E-state index contributed by atoms with van der Waals surface area (Å²) in [6, 6.07) is 0. The van der Waals surface area contributed by atoms with Crippen LogP contribution in [-0.4, -0.2) is 36.2 Å². The third kappa shape index (κ3) is 3.11. The van der Waals surface area contributed by atoms with Crippen LogP contribution in [0.4, 0.5) is 0 Å². The predicted octanol–water partition coefficient (Wildman–Crippen LogP) is 1.35. The van der Waals surface area contributed by atoms with Gasteiger partial charge in [0.1, 0.15) is 0 Å². The van der Waals surface area contributed by atoms with Crippen LogP contribution in [-0.2, 0) is 0 Å². The highest BCUT2D eigenvalue weighted by molar-refractivity contribution is 4.74. The Morgan fingerprint density at radius 1 is 1.50 bits per heavy atom. The molecular formula is C10H21NO. The van der Waals surface area contributed by atoms with Gasteiger partial charge in [0.15, 0.2) is 0 Å². The van der Waals surface area contributed by atoms with Gasteiger partial charge in [-0.2, -0.15) is 0 Å². The van der Waals surface area contributed by atoms with E-state index in [-0.39, 0.29) is 0 Å². The number of hydrogen-bond donors (Lipinski definition) is 1. The first-order chi connectivity index (χ1) is 5.72. The first-order valence-electron chi connectivity index (χ1n) is 5.05. The van der Waals surface area contributed by atoms with Gasteiger partial charge in [0.25, 0.3) is 0 Å². The van der Waals surface area contributed by atoms with E-state index in [1.165, 1.54) is 25.9 Å². The molecule has 0 aromatic rings. The van der Waals surface area contributed by atoms with Gasteiger partial charge in [0.05, 0.1) is 0 Å². The van der Waals surface area contributed by atoms with Crippen LogP contribution >= 0.6 is 0 Å². The summed E-state index contributed by atoms with van der Waals surface area (Å²) in [6.45, 7) is 8.42. The minimum absolute atomic E-state index is 0.373. The third-order valence-electron chi connectivity index (χ3n) is 2.65. The fraction of sp³-hybridized carbons (Fsp3) is 1.00. The van der Waals surface area contributed by atoms with Crippen molar-refractivity contribution in [1.82, 2.24) is 4.90 Å². The first kappa shape index (κ1) is 10.0. The lowest BCUT2D eigenvalue weighted by molar-refractivity contribution is 0.219. The van der Waals surface area contributed by atoms with Crippen molar-refractivity contribution in [2.75, 3.05) is 26.2 Å². The van der Waals surface area contributed by atoms with Crippen molar-refractivity contribution in [1.29, 1.82) is 0 Å². The van der Waals surface area contributed by atoms with Crippen molar-refractivity contribution in [3.8, 4) is 0 Å². The van der Waals surface area contributed by atoms with E-state index in [4.69, 9.17) is 5.11 Å². The van der Waals surface area contributed by atoms with Gasteiger partial charge in [-0.05, 0) is 37.8 Å². The standard InChI is InChI=1S/C10H21NO/c1-9(2)3-5-11-6-4-10(7-11)8-12/h9-10,12H,3-8H2,1-2H3. The van der Waals surface area contributed by atoms with Gasteiger partial charge in [-0.25, -0.2) is 0 Å². The van der Waals surface area contributed by atoms with Crippen LogP contribution in [0.3, 0.4) is 0 Å². The summed E-state index contributed by atoms with van der Waals surface area (Å²) in [5.41, 5.74) is 0. The SMILES string of the molecule is CC(C)CCN1CCC(CO)C1. The van der Waals surface area contributed by atoms with Gasteiger partial charge in [-0.1, -0.05) is 13.8 Å².